The Bertz CT molecular complexity index is 799. The van der Waals surface area contributed by atoms with Gasteiger partial charge in [-0.1, -0.05) is 24.3 Å². The van der Waals surface area contributed by atoms with Crippen LogP contribution in [-0.2, 0) is 0 Å². The second-order valence-corrected chi connectivity index (χ2v) is 4.73. The Morgan fingerprint density at radius 3 is 2.45 bits per heavy atom. The molecule has 0 radical (unpaired) electrons. The summed E-state index contributed by atoms with van der Waals surface area (Å²) < 4.78 is 12.9. The van der Waals surface area contributed by atoms with Crippen molar-refractivity contribution < 1.29 is 9.50 Å². The summed E-state index contributed by atoms with van der Waals surface area (Å²) in [5.41, 5.74) is 3.04. The molecule has 0 fully saturated rings. The van der Waals surface area contributed by atoms with E-state index in [1.54, 1.807) is 18.5 Å². The average molecular weight is 292 g/mol. The number of rotatable bonds is 3. The maximum absolute atomic E-state index is 12.9. The number of aromatic hydroxyl groups is 1. The SMILES string of the molecule is Oc1cc(F)ccc1/C=C/c1ccc(-c2ccccn2)nc1. The standard InChI is InChI=1S/C18H13FN2O/c19-15-8-7-14(18(22)11-15)6-4-13-5-9-17(21-12-13)16-3-1-2-10-20-16/h1-12,22H/b6-4+. The predicted octanol–water partition coefficient (Wildman–Crippen LogP) is 4.16. The molecular weight excluding hydrogens is 279 g/mol. The molecule has 2 aromatic heterocycles. The summed E-state index contributed by atoms with van der Waals surface area (Å²) in [4.78, 5) is 8.60. The lowest BCUT2D eigenvalue weighted by Gasteiger charge is -2.01. The van der Waals surface area contributed by atoms with Gasteiger partial charge in [-0.05, 0) is 35.9 Å². The molecule has 0 saturated heterocycles. The van der Waals surface area contributed by atoms with Gasteiger partial charge in [0.2, 0.25) is 0 Å². The van der Waals surface area contributed by atoms with Gasteiger partial charge in [-0.2, -0.15) is 0 Å². The summed E-state index contributed by atoms with van der Waals surface area (Å²) in [6.45, 7) is 0. The van der Waals surface area contributed by atoms with Crippen LogP contribution in [0, 0.1) is 5.82 Å². The molecule has 0 atom stereocenters. The molecule has 0 spiro atoms. The minimum Gasteiger partial charge on any atom is -0.507 e. The molecular formula is C18H13FN2O. The first-order valence-electron chi connectivity index (χ1n) is 6.76. The molecule has 0 aliphatic rings. The second kappa shape index (κ2) is 6.18. The van der Waals surface area contributed by atoms with Gasteiger partial charge in [0.25, 0.3) is 0 Å². The Balaban J connectivity index is 1.80. The van der Waals surface area contributed by atoms with Crippen molar-refractivity contribution in [2.24, 2.45) is 0 Å². The Kier molecular flexibility index (Phi) is 3.92. The Morgan fingerprint density at radius 1 is 0.909 bits per heavy atom. The van der Waals surface area contributed by atoms with Gasteiger partial charge < -0.3 is 5.11 Å². The molecule has 0 unspecified atom stereocenters. The van der Waals surface area contributed by atoms with E-state index in [9.17, 15) is 9.50 Å². The van der Waals surface area contributed by atoms with Crippen molar-refractivity contribution in [1.29, 1.82) is 0 Å². The first-order valence-corrected chi connectivity index (χ1v) is 6.76. The van der Waals surface area contributed by atoms with E-state index in [2.05, 4.69) is 9.97 Å². The van der Waals surface area contributed by atoms with Crippen LogP contribution in [0.25, 0.3) is 23.5 Å². The average Bonchev–Trinajstić information content (AvgIpc) is 2.55. The predicted molar refractivity (Wildman–Crippen MR) is 84.5 cm³/mol. The molecule has 3 rings (SSSR count). The number of hydrogen-bond acceptors (Lipinski definition) is 3. The highest BCUT2D eigenvalue weighted by molar-refractivity contribution is 5.72. The van der Waals surface area contributed by atoms with E-state index in [1.165, 1.54) is 12.1 Å². The third-order valence-electron chi connectivity index (χ3n) is 3.16. The second-order valence-electron chi connectivity index (χ2n) is 4.73. The van der Waals surface area contributed by atoms with Crippen LogP contribution in [0.4, 0.5) is 4.39 Å². The van der Waals surface area contributed by atoms with E-state index in [1.807, 2.05) is 36.4 Å². The topological polar surface area (TPSA) is 46.0 Å². The zero-order valence-electron chi connectivity index (χ0n) is 11.6. The van der Waals surface area contributed by atoms with Gasteiger partial charge in [-0.15, -0.1) is 0 Å². The number of nitrogens with zero attached hydrogens (tertiary/aromatic N) is 2. The minimum atomic E-state index is -0.462. The van der Waals surface area contributed by atoms with E-state index in [0.717, 1.165) is 23.0 Å². The molecule has 0 bridgehead atoms. The number of phenols is 1. The summed E-state index contributed by atoms with van der Waals surface area (Å²) in [7, 11) is 0. The molecule has 0 amide bonds. The van der Waals surface area contributed by atoms with E-state index >= 15 is 0 Å². The Morgan fingerprint density at radius 2 is 1.77 bits per heavy atom. The molecule has 0 aliphatic carbocycles. The first kappa shape index (κ1) is 13.9. The van der Waals surface area contributed by atoms with Crippen molar-refractivity contribution in [2.45, 2.75) is 0 Å². The van der Waals surface area contributed by atoms with Gasteiger partial charge in [-0.25, -0.2) is 4.39 Å². The number of phenolic OH excluding ortho intramolecular Hbond substituents is 1. The van der Waals surface area contributed by atoms with E-state index in [4.69, 9.17) is 0 Å². The molecule has 3 aromatic rings. The third kappa shape index (κ3) is 3.17. The van der Waals surface area contributed by atoms with Gasteiger partial charge >= 0.3 is 0 Å². The summed E-state index contributed by atoms with van der Waals surface area (Å²) in [5.74, 6) is -0.551. The molecule has 2 heterocycles. The van der Waals surface area contributed by atoms with Crippen LogP contribution in [-0.4, -0.2) is 15.1 Å². The number of halogens is 1. The number of hydrogen-bond donors (Lipinski definition) is 1. The Hall–Kier alpha value is -3.01. The zero-order valence-corrected chi connectivity index (χ0v) is 11.6. The highest BCUT2D eigenvalue weighted by Crippen LogP contribution is 2.21. The van der Waals surface area contributed by atoms with Crippen molar-refractivity contribution in [1.82, 2.24) is 9.97 Å². The maximum atomic E-state index is 12.9. The van der Waals surface area contributed by atoms with Crippen molar-refractivity contribution in [3.8, 4) is 17.1 Å². The fourth-order valence-corrected chi connectivity index (χ4v) is 2.01. The van der Waals surface area contributed by atoms with Gasteiger partial charge in [0.05, 0.1) is 11.4 Å². The van der Waals surface area contributed by atoms with Crippen LogP contribution in [0.15, 0.2) is 60.9 Å². The van der Waals surface area contributed by atoms with E-state index in [0.29, 0.717) is 5.56 Å². The van der Waals surface area contributed by atoms with E-state index in [-0.39, 0.29) is 5.75 Å². The first-order chi connectivity index (χ1) is 10.7. The fraction of sp³-hybridized carbons (Fsp3) is 0. The number of aromatic nitrogens is 2. The monoisotopic (exact) mass is 292 g/mol. The molecule has 1 N–H and O–H groups in total. The molecule has 3 nitrogen and oxygen atoms in total. The minimum absolute atomic E-state index is 0.0886. The smallest absolute Gasteiger partial charge is 0.126 e. The molecule has 108 valence electrons. The molecule has 4 heteroatoms. The third-order valence-corrected chi connectivity index (χ3v) is 3.16. The van der Waals surface area contributed by atoms with Crippen LogP contribution in [0.3, 0.4) is 0 Å². The molecule has 0 aliphatic heterocycles. The lowest BCUT2D eigenvalue weighted by molar-refractivity contribution is 0.468. The van der Waals surface area contributed by atoms with Crippen LogP contribution in [0.2, 0.25) is 0 Å². The van der Waals surface area contributed by atoms with E-state index < -0.39 is 5.82 Å². The van der Waals surface area contributed by atoms with Gasteiger partial charge in [0, 0.05) is 24.0 Å². The molecule has 0 saturated carbocycles. The van der Waals surface area contributed by atoms with Crippen LogP contribution in [0.1, 0.15) is 11.1 Å². The van der Waals surface area contributed by atoms with Crippen molar-refractivity contribution >= 4 is 12.2 Å². The fourth-order valence-electron chi connectivity index (χ4n) is 2.01. The van der Waals surface area contributed by atoms with Gasteiger partial charge in [0.1, 0.15) is 11.6 Å². The summed E-state index contributed by atoms with van der Waals surface area (Å²) >= 11 is 0. The summed E-state index contributed by atoms with van der Waals surface area (Å²) in [6, 6.07) is 13.4. The Labute approximate surface area is 127 Å². The van der Waals surface area contributed by atoms with Crippen LogP contribution < -0.4 is 0 Å². The van der Waals surface area contributed by atoms with Crippen LogP contribution in [0.5, 0.6) is 5.75 Å². The summed E-state index contributed by atoms with van der Waals surface area (Å²) in [6.07, 6.45) is 6.97. The highest BCUT2D eigenvalue weighted by atomic mass is 19.1. The molecule has 22 heavy (non-hydrogen) atoms. The summed E-state index contributed by atoms with van der Waals surface area (Å²) in [5, 5.41) is 9.65. The molecule has 1 aromatic carbocycles. The normalized spacial score (nSPS) is 11.0. The quantitative estimate of drug-likeness (QED) is 0.788. The van der Waals surface area contributed by atoms with Crippen molar-refractivity contribution in [2.75, 3.05) is 0 Å². The number of pyridine rings is 2. The van der Waals surface area contributed by atoms with Gasteiger partial charge in [-0.3, -0.25) is 9.97 Å². The lowest BCUT2D eigenvalue weighted by atomic mass is 10.1. The van der Waals surface area contributed by atoms with Gasteiger partial charge in [0.15, 0.2) is 0 Å². The van der Waals surface area contributed by atoms with Crippen molar-refractivity contribution in [3.05, 3.63) is 77.9 Å². The zero-order chi connectivity index (χ0) is 15.4. The number of benzene rings is 1. The van der Waals surface area contributed by atoms with Crippen LogP contribution >= 0.6 is 0 Å². The van der Waals surface area contributed by atoms with Crippen molar-refractivity contribution in [3.63, 3.8) is 0 Å². The largest absolute Gasteiger partial charge is 0.507 e. The lowest BCUT2D eigenvalue weighted by Crippen LogP contribution is -1.86. The maximum Gasteiger partial charge on any atom is 0.126 e. The highest BCUT2D eigenvalue weighted by Gasteiger charge is 2.00.